The van der Waals surface area contributed by atoms with Gasteiger partial charge in [0, 0.05) is 5.22 Å². The number of hydrogen-bond acceptors (Lipinski definition) is 2. The molecule has 20 heavy (non-hydrogen) atoms. The number of nitrogens with zero attached hydrogens (tertiary/aromatic N) is 1. The Kier molecular flexibility index (Phi) is 3.77. The second-order valence-corrected chi connectivity index (χ2v) is 5.15. The van der Waals surface area contributed by atoms with Crippen molar-refractivity contribution in [1.82, 2.24) is 4.98 Å². The van der Waals surface area contributed by atoms with Gasteiger partial charge in [-0.3, -0.25) is 4.98 Å². The highest BCUT2D eigenvalue weighted by Gasteiger charge is 2.08. The van der Waals surface area contributed by atoms with Crippen LogP contribution in [0.5, 0.6) is 11.5 Å². The van der Waals surface area contributed by atoms with Crippen molar-refractivity contribution < 1.29 is 4.74 Å². The quantitative estimate of drug-likeness (QED) is 0.844. The van der Waals surface area contributed by atoms with E-state index in [0.717, 1.165) is 17.0 Å². The van der Waals surface area contributed by atoms with Crippen LogP contribution < -0.4 is 15.3 Å². The van der Waals surface area contributed by atoms with Crippen molar-refractivity contribution in [1.29, 1.82) is 0 Å². The Balaban J connectivity index is 2.02. The van der Waals surface area contributed by atoms with Crippen LogP contribution >= 0.6 is 23.2 Å². The van der Waals surface area contributed by atoms with Crippen LogP contribution in [0.3, 0.4) is 0 Å². The average Bonchev–Trinajstić information content (AvgIpc) is 2.68. The van der Waals surface area contributed by atoms with Crippen LogP contribution in [0, 0.1) is 0 Å². The summed E-state index contributed by atoms with van der Waals surface area (Å²) in [6.45, 7) is 0. The highest BCUT2D eigenvalue weighted by molar-refractivity contribution is 6.37. The van der Waals surface area contributed by atoms with Crippen LogP contribution in [0.2, 0.25) is 10.0 Å². The van der Waals surface area contributed by atoms with Crippen LogP contribution in [-0.4, -0.2) is 4.98 Å². The van der Waals surface area contributed by atoms with Crippen LogP contribution in [0.1, 0.15) is 6.42 Å². The number of aromatic nitrogens is 1. The van der Waals surface area contributed by atoms with Crippen molar-refractivity contribution in [3.8, 4) is 11.5 Å². The number of allylic oxidation sites excluding steroid dienone is 2. The van der Waals surface area contributed by atoms with Crippen LogP contribution in [0.4, 0.5) is 0 Å². The molecule has 4 heteroatoms. The molecule has 0 N–H and O–H groups in total. The Labute approximate surface area is 126 Å². The molecule has 0 aliphatic heterocycles. The monoisotopic (exact) mass is 303 g/mol. The highest BCUT2D eigenvalue weighted by Crippen LogP contribution is 2.35. The molecule has 0 fully saturated rings. The molecule has 1 aromatic heterocycles. The van der Waals surface area contributed by atoms with Crippen molar-refractivity contribution in [3.05, 3.63) is 63.2 Å². The molecule has 100 valence electrons. The van der Waals surface area contributed by atoms with Gasteiger partial charge in [-0.2, -0.15) is 0 Å². The molecule has 3 rings (SSSR count). The first kappa shape index (κ1) is 13.2. The van der Waals surface area contributed by atoms with Gasteiger partial charge in [0.25, 0.3) is 0 Å². The first-order valence-corrected chi connectivity index (χ1v) is 6.94. The van der Waals surface area contributed by atoms with E-state index in [-0.39, 0.29) is 0 Å². The maximum atomic E-state index is 6.10. The summed E-state index contributed by atoms with van der Waals surface area (Å²) in [6, 6.07) is 7.19. The van der Waals surface area contributed by atoms with Gasteiger partial charge in [0.1, 0.15) is 5.75 Å². The Morgan fingerprint density at radius 3 is 2.75 bits per heavy atom. The van der Waals surface area contributed by atoms with Crippen molar-refractivity contribution in [2.45, 2.75) is 6.42 Å². The molecule has 2 aromatic rings. The van der Waals surface area contributed by atoms with Crippen LogP contribution in [-0.2, 0) is 0 Å². The lowest BCUT2D eigenvalue weighted by Crippen LogP contribution is -2.27. The lowest BCUT2D eigenvalue weighted by molar-refractivity contribution is 0.480. The van der Waals surface area contributed by atoms with Gasteiger partial charge in [-0.15, -0.1) is 0 Å². The van der Waals surface area contributed by atoms with Gasteiger partial charge in [-0.1, -0.05) is 47.5 Å². The fourth-order valence-corrected chi connectivity index (χ4v) is 2.44. The van der Waals surface area contributed by atoms with Gasteiger partial charge in [0.05, 0.1) is 21.6 Å². The number of benzene rings is 1. The normalized spacial score (nSPS) is 12.9. The van der Waals surface area contributed by atoms with Gasteiger partial charge in [-0.25, -0.2) is 0 Å². The summed E-state index contributed by atoms with van der Waals surface area (Å²) in [5.41, 5.74) is 0. The molecule has 0 saturated heterocycles. The molecule has 1 aliphatic rings. The molecule has 2 nitrogen and oxygen atoms in total. The van der Waals surface area contributed by atoms with Gasteiger partial charge in [0.2, 0.25) is 0 Å². The van der Waals surface area contributed by atoms with Gasteiger partial charge in [-0.05, 0) is 30.7 Å². The Morgan fingerprint density at radius 2 is 1.95 bits per heavy atom. The minimum absolute atomic E-state index is 0.452. The fourth-order valence-electron chi connectivity index (χ4n) is 1.96. The summed E-state index contributed by atoms with van der Waals surface area (Å²) in [5.74, 6) is 1.07. The summed E-state index contributed by atoms with van der Waals surface area (Å²) < 4.78 is 5.77. The Morgan fingerprint density at radius 1 is 1.15 bits per heavy atom. The zero-order valence-electron chi connectivity index (χ0n) is 10.5. The average molecular weight is 304 g/mol. The van der Waals surface area contributed by atoms with E-state index >= 15 is 0 Å². The maximum absolute atomic E-state index is 6.10. The van der Waals surface area contributed by atoms with Crippen molar-refractivity contribution in [3.63, 3.8) is 0 Å². The molecule has 0 saturated carbocycles. The molecule has 0 atom stereocenters. The van der Waals surface area contributed by atoms with E-state index in [0.29, 0.717) is 21.5 Å². The van der Waals surface area contributed by atoms with Crippen LogP contribution in [0.15, 0.2) is 42.6 Å². The van der Waals surface area contributed by atoms with Crippen molar-refractivity contribution in [2.24, 2.45) is 0 Å². The number of rotatable bonds is 2. The number of hydrogen-bond donors (Lipinski definition) is 0. The van der Waals surface area contributed by atoms with Gasteiger partial charge < -0.3 is 4.74 Å². The summed E-state index contributed by atoms with van der Waals surface area (Å²) in [4.78, 5) is 4.39. The molecule has 0 unspecified atom stereocenters. The third kappa shape index (κ3) is 2.72. The lowest BCUT2D eigenvalue weighted by Gasteiger charge is -2.08. The molecular weight excluding hydrogens is 293 g/mol. The Bertz CT molecular complexity index is 776. The minimum Gasteiger partial charge on any atom is -0.453 e. The summed E-state index contributed by atoms with van der Waals surface area (Å²) in [6.07, 6.45) is 10.7. The topological polar surface area (TPSA) is 22.1 Å². The largest absolute Gasteiger partial charge is 0.453 e. The van der Waals surface area contributed by atoms with Gasteiger partial charge in [0.15, 0.2) is 5.75 Å². The van der Waals surface area contributed by atoms with E-state index < -0.39 is 0 Å². The van der Waals surface area contributed by atoms with Gasteiger partial charge >= 0.3 is 0 Å². The van der Waals surface area contributed by atoms with E-state index in [1.807, 2.05) is 18.2 Å². The number of ether oxygens (including phenoxy) is 1. The second-order valence-electron chi connectivity index (χ2n) is 4.33. The summed E-state index contributed by atoms with van der Waals surface area (Å²) >= 11 is 12.2. The molecule has 1 aromatic carbocycles. The van der Waals surface area contributed by atoms with Crippen LogP contribution in [0.25, 0.3) is 12.2 Å². The summed E-state index contributed by atoms with van der Waals surface area (Å²) in [5, 5.41) is 2.92. The molecule has 0 bridgehead atoms. The van der Waals surface area contributed by atoms with Crippen molar-refractivity contribution >= 4 is 35.4 Å². The van der Waals surface area contributed by atoms with E-state index in [1.165, 1.54) is 0 Å². The second kappa shape index (κ2) is 5.70. The fraction of sp³-hybridized carbons (Fsp3) is 0.0625. The Hall–Kier alpha value is -1.77. The smallest absolute Gasteiger partial charge is 0.164 e. The first-order valence-electron chi connectivity index (χ1n) is 6.19. The van der Waals surface area contributed by atoms with E-state index in [2.05, 4.69) is 17.1 Å². The summed E-state index contributed by atoms with van der Waals surface area (Å²) in [7, 11) is 0. The molecule has 0 radical (unpaired) electrons. The molecule has 0 spiro atoms. The number of pyridine rings is 1. The highest BCUT2D eigenvalue weighted by atomic mass is 35.5. The molecule has 1 heterocycles. The molecule has 0 amide bonds. The predicted molar refractivity (Wildman–Crippen MR) is 82.7 cm³/mol. The standard InChI is InChI=1S/C16H11Cl2NO/c17-13-6-4-7-14(18)16(13)20-12-9-11-5-2-1-3-8-15(11)19-10-12/h1,3-10H,2H2. The minimum atomic E-state index is 0.452. The maximum Gasteiger partial charge on any atom is 0.164 e. The number of para-hydroxylation sites is 1. The first-order chi connectivity index (χ1) is 9.74. The van der Waals surface area contributed by atoms with E-state index in [4.69, 9.17) is 27.9 Å². The SMILES string of the molecule is Clc1cccc(Cl)c1Oc1cnc2c(c1)=CCC=CC=2. The van der Waals surface area contributed by atoms with Crippen molar-refractivity contribution in [2.75, 3.05) is 0 Å². The predicted octanol–water partition coefficient (Wildman–Crippen LogP) is 3.70. The third-order valence-electron chi connectivity index (χ3n) is 2.93. The number of halogens is 2. The third-order valence-corrected chi connectivity index (χ3v) is 3.52. The zero-order valence-corrected chi connectivity index (χ0v) is 12.0. The number of fused-ring (bicyclic) bond motifs is 1. The van der Waals surface area contributed by atoms with E-state index in [9.17, 15) is 0 Å². The lowest BCUT2D eigenvalue weighted by atomic mass is 10.3. The molecule has 1 aliphatic carbocycles. The molecular formula is C16H11Cl2NO. The van der Waals surface area contributed by atoms with E-state index in [1.54, 1.807) is 24.4 Å². The zero-order chi connectivity index (χ0) is 13.9.